The normalized spacial score (nSPS) is 17.8. The molecule has 1 atom stereocenters. The molecule has 0 saturated carbocycles. The van der Waals surface area contributed by atoms with Gasteiger partial charge in [0.25, 0.3) is 5.91 Å². The van der Waals surface area contributed by atoms with Gasteiger partial charge in [-0.15, -0.1) is 0 Å². The summed E-state index contributed by atoms with van der Waals surface area (Å²) in [5.41, 5.74) is 2.94. The van der Waals surface area contributed by atoms with E-state index in [1.165, 1.54) is 12.1 Å². The van der Waals surface area contributed by atoms with Gasteiger partial charge in [-0.1, -0.05) is 20.8 Å². The molecular weight excluding hydrogens is 561 g/mol. The smallest absolute Gasteiger partial charge is 0.254 e. The zero-order valence-corrected chi connectivity index (χ0v) is 25.8. The number of ether oxygens (including phenoxy) is 1. The highest BCUT2D eigenvalue weighted by Gasteiger charge is 2.29. The topological polar surface area (TPSA) is 108 Å². The van der Waals surface area contributed by atoms with Crippen molar-refractivity contribution in [2.24, 2.45) is 5.92 Å². The van der Waals surface area contributed by atoms with E-state index in [1.807, 2.05) is 31.2 Å². The van der Waals surface area contributed by atoms with Crippen LogP contribution in [0.1, 0.15) is 74.0 Å². The summed E-state index contributed by atoms with van der Waals surface area (Å²) in [6.45, 7) is 9.54. The molecule has 2 aliphatic rings. The number of amides is 2. The van der Waals surface area contributed by atoms with Crippen LogP contribution in [-0.4, -0.2) is 75.7 Å². The van der Waals surface area contributed by atoms with Crippen molar-refractivity contribution in [1.82, 2.24) is 25.3 Å². The second-order valence-electron chi connectivity index (χ2n) is 12.3. The Labute approximate surface area is 258 Å². The minimum atomic E-state index is -0.649. The number of nitrogens with zero attached hydrogens (tertiary/aromatic N) is 4. The van der Waals surface area contributed by atoms with Crippen molar-refractivity contribution in [3.8, 4) is 22.8 Å². The number of halogens is 1. The molecule has 0 unspecified atom stereocenters. The molecule has 3 aromatic rings. The Hall–Kier alpha value is -3.89. The highest BCUT2D eigenvalue weighted by molar-refractivity contribution is 5.95. The standard InChI is InChI=1S/C34H42FN5O4/c1-22(2)30-9-10-31(38-37-30)24-5-7-27(8-6-24)44-32-19-28(29(35)18-25(32)21-40-20-23(3)17-33(40)42)34(43)36-26-11-14-39(15-12-26)13-4-16-41/h5-10,18-19,22-23,26,41H,4,11-17,20-21H2,1-3H3,(H,36,43)/t23-/m0/s1. The number of nitrogens with one attached hydrogen (secondary N) is 1. The van der Waals surface area contributed by atoms with Crippen LogP contribution in [0.5, 0.6) is 11.5 Å². The summed E-state index contributed by atoms with van der Waals surface area (Å²) < 4.78 is 21.7. The molecule has 1 aromatic heterocycles. The number of piperidine rings is 1. The van der Waals surface area contributed by atoms with Crippen molar-refractivity contribution in [2.45, 2.75) is 65.0 Å². The molecule has 44 heavy (non-hydrogen) atoms. The number of hydrogen-bond donors (Lipinski definition) is 2. The van der Waals surface area contributed by atoms with Gasteiger partial charge < -0.3 is 25.0 Å². The molecule has 0 radical (unpaired) electrons. The van der Waals surface area contributed by atoms with Gasteiger partial charge in [0.1, 0.15) is 17.3 Å². The van der Waals surface area contributed by atoms with Gasteiger partial charge >= 0.3 is 0 Å². The predicted molar refractivity (Wildman–Crippen MR) is 166 cm³/mol. The van der Waals surface area contributed by atoms with Gasteiger partial charge in [0.2, 0.25) is 5.91 Å². The molecular formula is C34H42FN5O4. The number of rotatable bonds is 11. The summed E-state index contributed by atoms with van der Waals surface area (Å²) in [6.07, 6.45) is 2.70. The van der Waals surface area contributed by atoms with E-state index in [9.17, 15) is 9.59 Å². The number of aliphatic hydroxyl groups is 1. The van der Waals surface area contributed by atoms with Crippen molar-refractivity contribution in [1.29, 1.82) is 0 Å². The van der Waals surface area contributed by atoms with E-state index in [0.29, 0.717) is 35.9 Å². The van der Waals surface area contributed by atoms with Crippen molar-refractivity contribution < 1.29 is 23.8 Å². The third kappa shape index (κ3) is 7.78. The predicted octanol–water partition coefficient (Wildman–Crippen LogP) is 5.14. The van der Waals surface area contributed by atoms with Gasteiger partial charge in [0.15, 0.2) is 0 Å². The Morgan fingerprint density at radius 2 is 1.86 bits per heavy atom. The molecule has 2 aromatic carbocycles. The summed E-state index contributed by atoms with van der Waals surface area (Å²) >= 11 is 0. The van der Waals surface area contributed by atoms with E-state index in [0.717, 1.165) is 55.8 Å². The van der Waals surface area contributed by atoms with E-state index in [4.69, 9.17) is 9.84 Å². The number of aliphatic hydroxyl groups excluding tert-OH is 1. The van der Waals surface area contributed by atoms with E-state index in [-0.39, 0.29) is 36.6 Å². The average molecular weight is 604 g/mol. The van der Waals surface area contributed by atoms with Gasteiger partial charge in [-0.25, -0.2) is 4.39 Å². The first-order chi connectivity index (χ1) is 21.2. The molecule has 0 bridgehead atoms. The number of likely N-dealkylation sites (tertiary alicyclic amines) is 2. The molecule has 2 saturated heterocycles. The van der Waals surface area contributed by atoms with Gasteiger partial charge in [0, 0.05) is 62.9 Å². The van der Waals surface area contributed by atoms with Crippen LogP contribution >= 0.6 is 0 Å². The van der Waals surface area contributed by atoms with Gasteiger partial charge in [0.05, 0.1) is 17.0 Å². The Kier molecular flexibility index (Phi) is 10.2. The molecule has 2 fully saturated rings. The van der Waals surface area contributed by atoms with E-state index in [1.54, 1.807) is 17.0 Å². The molecule has 0 spiro atoms. The first kappa shape index (κ1) is 31.5. The zero-order chi connectivity index (χ0) is 31.2. The molecule has 2 amide bonds. The fraction of sp³-hybridized carbons (Fsp3) is 0.471. The van der Waals surface area contributed by atoms with Gasteiger partial charge in [-0.2, -0.15) is 10.2 Å². The summed E-state index contributed by atoms with van der Waals surface area (Å²) in [5.74, 6) is 0.236. The van der Waals surface area contributed by atoms with Crippen LogP contribution in [0.15, 0.2) is 48.5 Å². The Balaban J connectivity index is 1.34. The maximum atomic E-state index is 15.5. The first-order valence-electron chi connectivity index (χ1n) is 15.6. The van der Waals surface area contributed by atoms with Gasteiger partial charge in [-0.05, 0) is 79.6 Å². The lowest BCUT2D eigenvalue weighted by atomic mass is 10.0. The third-order valence-corrected chi connectivity index (χ3v) is 8.37. The van der Waals surface area contributed by atoms with Crippen LogP contribution in [0.3, 0.4) is 0 Å². The largest absolute Gasteiger partial charge is 0.457 e. The number of hydrogen-bond acceptors (Lipinski definition) is 7. The van der Waals surface area contributed by atoms with Crippen LogP contribution in [0.25, 0.3) is 11.3 Å². The second-order valence-corrected chi connectivity index (χ2v) is 12.3. The fourth-order valence-corrected chi connectivity index (χ4v) is 5.80. The molecule has 0 aliphatic carbocycles. The van der Waals surface area contributed by atoms with Crippen LogP contribution in [0.2, 0.25) is 0 Å². The summed E-state index contributed by atoms with van der Waals surface area (Å²) in [7, 11) is 0. The number of carbonyl (C=O) groups excluding carboxylic acids is 2. The highest BCUT2D eigenvalue weighted by atomic mass is 19.1. The number of aromatic nitrogens is 2. The van der Waals surface area contributed by atoms with E-state index >= 15 is 4.39 Å². The summed E-state index contributed by atoms with van der Waals surface area (Å²) in [4.78, 5) is 29.8. The van der Waals surface area contributed by atoms with E-state index < -0.39 is 11.7 Å². The average Bonchev–Trinajstić information content (AvgIpc) is 3.34. The monoisotopic (exact) mass is 603 g/mol. The van der Waals surface area contributed by atoms with Crippen LogP contribution in [0, 0.1) is 11.7 Å². The van der Waals surface area contributed by atoms with Crippen molar-refractivity contribution >= 4 is 11.8 Å². The first-order valence-corrected chi connectivity index (χ1v) is 15.6. The van der Waals surface area contributed by atoms with Crippen LogP contribution in [-0.2, 0) is 11.3 Å². The molecule has 10 heteroatoms. The maximum Gasteiger partial charge on any atom is 0.254 e. The lowest BCUT2D eigenvalue weighted by Gasteiger charge is -2.32. The van der Waals surface area contributed by atoms with Crippen molar-refractivity contribution in [3.63, 3.8) is 0 Å². The Bertz CT molecular complexity index is 1440. The SMILES string of the molecule is CC(C)c1ccc(-c2ccc(Oc3cc(C(=O)NC4CCN(CCCO)CC4)c(F)cc3CN3C[C@@H](C)CC3=O)cc2)nn1. The second kappa shape index (κ2) is 14.3. The van der Waals surface area contributed by atoms with E-state index in [2.05, 4.69) is 34.3 Å². The quantitative estimate of drug-likeness (QED) is 0.312. The van der Waals surface area contributed by atoms with Crippen LogP contribution < -0.4 is 10.1 Å². The molecule has 5 rings (SSSR count). The maximum absolute atomic E-state index is 15.5. The lowest BCUT2D eigenvalue weighted by molar-refractivity contribution is -0.128. The molecule has 2 N–H and O–H groups in total. The summed E-state index contributed by atoms with van der Waals surface area (Å²) in [6, 6.07) is 14.0. The summed E-state index contributed by atoms with van der Waals surface area (Å²) in [5, 5.41) is 20.7. The Morgan fingerprint density at radius 3 is 2.48 bits per heavy atom. The third-order valence-electron chi connectivity index (χ3n) is 8.37. The number of carbonyl (C=O) groups is 2. The molecule has 9 nitrogen and oxygen atoms in total. The highest BCUT2D eigenvalue weighted by Crippen LogP contribution is 2.32. The van der Waals surface area contributed by atoms with Crippen molar-refractivity contribution in [2.75, 3.05) is 32.8 Å². The molecule has 234 valence electrons. The minimum Gasteiger partial charge on any atom is -0.457 e. The van der Waals surface area contributed by atoms with Crippen LogP contribution in [0.4, 0.5) is 4.39 Å². The number of benzene rings is 2. The van der Waals surface area contributed by atoms with Gasteiger partial charge in [-0.3, -0.25) is 9.59 Å². The molecule has 2 aliphatic heterocycles. The lowest BCUT2D eigenvalue weighted by Crippen LogP contribution is -2.45. The fourth-order valence-electron chi connectivity index (χ4n) is 5.80. The minimum absolute atomic E-state index is 0.0185. The molecule has 3 heterocycles. The van der Waals surface area contributed by atoms with Crippen molar-refractivity contribution in [3.05, 3.63) is 71.2 Å². The zero-order valence-electron chi connectivity index (χ0n) is 25.8. The Morgan fingerprint density at radius 1 is 1.11 bits per heavy atom.